The molecule has 0 aliphatic rings. The van der Waals surface area contributed by atoms with Crippen molar-refractivity contribution in [2.24, 2.45) is 5.92 Å². The van der Waals surface area contributed by atoms with Crippen LogP contribution in [0, 0.1) is 5.92 Å². The Balaban J connectivity index is 4.82. The summed E-state index contributed by atoms with van der Waals surface area (Å²) in [6, 6.07) is 0. The van der Waals surface area contributed by atoms with Gasteiger partial charge in [-0.1, -0.05) is 111 Å². The number of rotatable bonds is 26. The highest BCUT2D eigenvalue weighted by Gasteiger charge is 2.33. The number of aliphatic carboxylic acids is 1. The lowest BCUT2D eigenvalue weighted by Gasteiger charge is -2.26. The molecule has 0 fully saturated rings. The van der Waals surface area contributed by atoms with Crippen molar-refractivity contribution in [1.29, 1.82) is 0 Å². The molecule has 1 N–H and O–H groups in total. The van der Waals surface area contributed by atoms with Crippen LogP contribution >= 0.6 is 0 Å². The third-order valence-corrected chi connectivity index (χ3v) is 7.03. The second-order valence-electron chi connectivity index (χ2n) is 10.7. The van der Waals surface area contributed by atoms with Gasteiger partial charge in [0.05, 0.1) is 12.0 Å². The summed E-state index contributed by atoms with van der Waals surface area (Å²) in [4.78, 5) is 37.0. The molecule has 3 unspecified atom stereocenters. The monoisotopic (exact) mass is 526 g/mol. The van der Waals surface area contributed by atoms with E-state index in [9.17, 15) is 19.5 Å². The van der Waals surface area contributed by atoms with Crippen LogP contribution in [0.4, 0.5) is 0 Å². The molecule has 0 aliphatic carbocycles. The maximum absolute atomic E-state index is 12.6. The van der Waals surface area contributed by atoms with Gasteiger partial charge in [-0.3, -0.25) is 14.4 Å². The van der Waals surface area contributed by atoms with Crippen LogP contribution in [0.2, 0.25) is 0 Å². The van der Waals surface area contributed by atoms with E-state index in [1.165, 1.54) is 32.1 Å². The Hall–Kier alpha value is -1.59. The smallest absolute Gasteiger partial charge is 0.310 e. The van der Waals surface area contributed by atoms with E-state index in [-0.39, 0.29) is 18.4 Å². The number of carbonyl (C=O) groups excluding carboxylic acids is 2. The Labute approximate surface area is 227 Å². The summed E-state index contributed by atoms with van der Waals surface area (Å²) in [5, 5.41) is 9.99. The van der Waals surface area contributed by atoms with E-state index in [0.29, 0.717) is 19.3 Å². The van der Waals surface area contributed by atoms with E-state index in [4.69, 9.17) is 9.47 Å². The molecule has 0 aliphatic heterocycles. The first kappa shape index (κ1) is 35.4. The summed E-state index contributed by atoms with van der Waals surface area (Å²) >= 11 is 0. The summed E-state index contributed by atoms with van der Waals surface area (Å²) in [6.45, 7) is 8.24. The molecule has 0 spiro atoms. The normalized spacial score (nSPS) is 13.6. The zero-order valence-electron chi connectivity index (χ0n) is 24.6. The Kier molecular flexibility index (Phi) is 23.7. The predicted molar refractivity (Wildman–Crippen MR) is 151 cm³/mol. The average molecular weight is 527 g/mol. The van der Waals surface area contributed by atoms with Crippen LogP contribution in [0.15, 0.2) is 0 Å². The minimum absolute atomic E-state index is 0.154. The highest BCUT2D eigenvalue weighted by atomic mass is 16.6. The summed E-state index contributed by atoms with van der Waals surface area (Å²) in [7, 11) is 0. The molecule has 0 saturated carbocycles. The molecule has 0 aromatic rings. The van der Waals surface area contributed by atoms with Gasteiger partial charge in [0.2, 0.25) is 0 Å². The minimum atomic E-state index is -0.996. The van der Waals surface area contributed by atoms with Crippen LogP contribution in [0.3, 0.4) is 0 Å². The van der Waals surface area contributed by atoms with Gasteiger partial charge in [-0.25, -0.2) is 0 Å². The molecule has 0 radical (unpaired) electrons. The lowest BCUT2D eigenvalue weighted by atomic mass is 9.91. The van der Waals surface area contributed by atoms with Crippen LogP contribution in [-0.4, -0.2) is 35.2 Å². The van der Waals surface area contributed by atoms with Crippen molar-refractivity contribution >= 4 is 17.9 Å². The van der Waals surface area contributed by atoms with Gasteiger partial charge in [0.25, 0.3) is 0 Å². The Morgan fingerprint density at radius 3 is 1.46 bits per heavy atom. The number of ether oxygens (including phenoxy) is 2. The number of unbranched alkanes of at least 4 members (excludes halogenated alkanes) is 14. The second-order valence-corrected chi connectivity index (χ2v) is 10.7. The molecule has 6 heteroatoms. The van der Waals surface area contributed by atoms with Crippen molar-refractivity contribution in [2.75, 3.05) is 0 Å². The highest BCUT2D eigenvalue weighted by Crippen LogP contribution is 2.24. The fraction of sp³-hybridized carbons (Fsp3) is 0.903. The first-order chi connectivity index (χ1) is 17.8. The van der Waals surface area contributed by atoms with Crippen molar-refractivity contribution in [3.8, 4) is 0 Å². The van der Waals surface area contributed by atoms with Crippen LogP contribution in [0.5, 0.6) is 0 Å². The fourth-order valence-corrected chi connectivity index (χ4v) is 4.72. The van der Waals surface area contributed by atoms with Crippen molar-refractivity contribution in [3.63, 3.8) is 0 Å². The van der Waals surface area contributed by atoms with Gasteiger partial charge in [-0.05, 0) is 32.6 Å². The topological polar surface area (TPSA) is 89.9 Å². The lowest BCUT2D eigenvalue weighted by molar-refractivity contribution is -0.164. The molecule has 0 aromatic carbocycles. The standard InChI is InChI=1S/C31H58O6/c1-5-8-11-14-15-18-21-24-30(33)37-28(22-19-16-12-9-6-2)27(31(34)35)25-26(4)36-29(32)23-20-17-13-10-7-3/h26-28H,5-25H2,1-4H3,(H,34,35). The number of hydrogen-bond donors (Lipinski definition) is 1. The Morgan fingerprint density at radius 1 is 0.595 bits per heavy atom. The molecular formula is C31H58O6. The molecule has 0 bridgehead atoms. The van der Waals surface area contributed by atoms with Gasteiger partial charge in [-0.2, -0.15) is 0 Å². The second kappa shape index (κ2) is 24.7. The van der Waals surface area contributed by atoms with Crippen molar-refractivity contribution in [2.45, 2.75) is 175 Å². The van der Waals surface area contributed by atoms with Crippen LogP contribution in [0.25, 0.3) is 0 Å². The molecule has 0 rings (SSSR count). The molecule has 3 atom stereocenters. The summed E-state index contributed by atoms with van der Waals surface area (Å²) in [5.74, 6) is -2.46. The first-order valence-electron chi connectivity index (χ1n) is 15.5. The number of esters is 2. The number of hydrogen-bond acceptors (Lipinski definition) is 5. The van der Waals surface area contributed by atoms with Gasteiger partial charge in [-0.15, -0.1) is 0 Å². The summed E-state index contributed by atoms with van der Waals surface area (Å²) in [5.41, 5.74) is 0. The van der Waals surface area contributed by atoms with Gasteiger partial charge < -0.3 is 14.6 Å². The van der Waals surface area contributed by atoms with Crippen molar-refractivity contribution in [1.82, 2.24) is 0 Å². The Bertz CT molecular complexity index is 576. The molecule has 218 valence electrons. The SMILES string of the molecule is CCCCCCCCCC(=O)OC(CCCCCCC)C(CC(C)OC(=O)CCCCCCC)C(=O)O. The Morgan fingerprint density at radius 2 is 1.00 bits per heavy atom. The van der Waals surface area contributed by atoms with Gasteiger partial charge in [0.15, 0.2) is 0 Å². The third kappa shape index (κ3) is 21.1. The molecule has 0 amide bonds. The van der Waals surface area contributed by atoms with Gasteiger partial charge in [0.1, 0.15) is 6.10 Å². The quantitative estimate of drug-likeness (QED) is 0.0894. The van der Waals surface area contributed by atoms with Crippen molar-refractivity contribution < 1.29 is 29.0 Å². The van der Waals surface area contributed by atoms with Gasteiger partial charge in [0, 0.05) is 19.3 Å². The van der Waals surface area contributed by atoms with E-state index >= 15 is 0 Å². The van der Waals surface area contributed by atoms with Crippen molar-refractivity contribution in [3.05, 3.63) is 0 Å². The molecule has 6 nitrogen and oxygen atoms in total. The maximum atomic E-state index is 12.6. The van der Waals surface area contributed by atoms with E-state index in [2.05, 4.69) is 20.8 Å². The van der Waals surface area contributed by atoms with E-state index in [0.717, 1.165) is 77.0 Å². The molecule has 0 heterocycles. The molecule has 37 heavy (non-hydrogen) atoms. The fourth-order valence-electron chi connectivity index (χ4n) is 4.72. The molecule has 0 aromatic heterocycles. The number of carboxylic acids is 1. The van der Waals surface area contributed by atoms with E-state index < -0.39 is 24.1 Å². The number of carbonyl (C=O) groups is 3. The maximum Gasteiger partial charge on any atom is 0.310 e. The molecule has 0 saturated heterocycles. The van der Waals surface area contributed by atoms with E-state index in [1.807, 2.05) is 0 Å². The average Bonchev–Trinajstić information content (AvgIpc) is 2.85. The number of carboxylic acid groups (broad SMARTS) is 1. The zero-order chi connectivity index (χ0) is 27.7. The van der Waals surface area contributed by atoms with Crippen LogP contribution in [-0.2, 0) is 23.9 Å². The predicted octanol–water partition coefficient (Wildman–Crippen LogP) is 8.78. The van der Waals surface area contributed by atoms with Crippen LogP contribution in [0.1, 0.15) is 163 Å². The summed E-state index contributed by atoms with van der Waals surface area (Å²) in [6.07, 6.45) is 18.4. The summed E-state index contributed by atoms with van der Waals surface area (Å²) < 4.78 is 11.3. The lowest BCUT2D eigenvalue weighted by Crippen LogP contribution is -2.35. The molecular weight excluding hydrogens is 468 g/mol. The first-order valence-corrected chi connectivity index (χ1v) is 15.5. The van der Waals surface area contributed by atoms with Crippen LogP contribution < -0.4 is 0 Å². The van der Waals surface area contributed by atoms with Gasteiger partial charge >= 0.3 is 17.9 Å². The zero-order valence-corrected chi connectivity index (χ0v) is 24.6. The van der Waals surface area contributed by atoms with E-state index in [1.54, 1.807) is 6.92 Å². The third-order valence-electron chi connectivity index (χ3n) is 7.03. The minimum Gasteiger partial charge on any atom is -0.481 e. The largest absolute Gasteiger partial charge is 0.481 e. The highest BCUT2D eigenvalue weighted by molar-refractivity contribution is 5.73.